The number of nitrogens with zero attached hydrogens (tertiary/aromatic N) is 2. The second kappa shape index (κ2) is 4.83. The predicted molar refractivity (Wildman–Crippen MR) is 68.5 cm³/mol. The SMILES string of the molecule is CC(C1CC1)N(C)C(=O)c1cc(Cl)ncc1Cl. The molecule has 92 valence electrons. The van der Waals surface area contributed by atoms with Gasteiger partial charge in [0.2, 0.25) is 0 Å². The van der Waals surface area contributed by atoms with Crippen LogP contribution in [0.15, 0.2) is 12.3 Å². The maximum absolute atomic E-state index is 12.2. The Morgan fingerprint density at radius 1 is 1.53 bits per heavy atom. The third kappa shape index (κ3) is 2.72. The van der Waals surface area contributed by atoms with Crippen LogP contribution in [0.25, 0.3) is 0 Å². The van der Waals surface area contributed by atoms with Crippen LogP contribution in [-0.2, 0) is 0 Å². The van der Waals surface area contributed by atoms with Gasteiger partial charge in [-0.25, -0.2) is 4.98 Å². The molecule has 0 spiro atoms. The zero-order valence-electron chi connectivity index (χ0n) is 9.78. The molecular weight excluding hydrogens is 259 g/mol. The van der Waals surface area contributed by atoms with Gasteiger partial charge in [0.25, 0.3) is 5.91 Å². The van der Waals surface area contributed by atoms with E-state index in [0.29, 0.717) is 16.5 Å². The predicted octanol–water partition coefficient (Wildman–Crippen LogP) is 3.26. The normalized spacial score (nSPS) is 16.7. The molecule has 1 saturated carbocycles. The highest BCUT2D eigenvalue weighted by molar-refractivity contribution is 6.35. The number of rotatable bonds is 3. The molecule has 1 aliphatic carbocycles. The Balaban J connectivity index is 2.20. The van der Waals surface area contributed by atoms with E-state index in [9.17, 15) is 4.79 Å². The lowest BCUT2D eigenvalue weighted by atomic mass is 10.1. The molecule has 1 aromatic heterocycles. The minimum atomic E-state index is -0.0984. The van der Waals surface area contributed by atoms with Crippen LogP contribution in [0, 0.1) is 5.92 Å². The lowest BCUT2D eigenvalue weighted by Gasteiger charge is -2.25. The minimum Gasteiger partial charge on any atom is -0.339 e. The molecular formula is C12H14Cl2N2O. The molecule has 1 aliphatic rings. The van der Waals surface area contributed by atoms with Gasteiger partial charge >= 0.3 is 0 Å². The van der Waals surface area contributed by atoms with Crippen molar-refractivity contribution in [3.63, 3.8) is 0 Å². The maximum atomic E-state index is 12.2. The molecule has 17 heavy (non-hydrogen) atoms. The first-order valence-electron chi connectivity index (χ1n) is 5.59. The number of hydrogen-bond donors (Lipinski definition) is 0. The van der Waals surface area contributed by atoms with Gasteiger partial charge in [-0.2, -0.15) is 0 Å². The van der Waals surface area contributed by atoms with E-state index in [1.54, 1.807) is 11.9 Å². The van der Waals surface area contributed by atoms with Crippen LogP contribution in [0.4, 0.5) is 0 Å². The summed E-state index contributed by atoms with van der Waals surface area (Å²) in [5.74, 6) is 0.527. The van der Waals surface area contributed by atoms with Gasteiger partial charge in [0.15, 0.2) is 0 Å². The van der Waals surface area contributed by atoms with Crippen LogP contribution in [0.3, 0.4) is 0 Å². The largest absolute Gasteiger partial charge is 0.339 e. The van der Waals surface area contributed by atoms with Crippen LogP contribution in [0.2, 0.25) is 10.2 Å². The zero-order valence-corrected chi connectivity index (χ0v) is 11.3. The zero-order chi connectivity index (χ0) is 12.6. The van der Waals surface area contributed by atoms with Crippen molar-refractivity contribution < 1.29 is 4.79 Å². The molecule has 1 aromatic rings. The summed E-state index contributed by atoms with van der Waals surface area (Å²) in [5.41, 5.74) is 0.418. The Hall–Kier alpha value is -0.800. The molecule has 2 rings (SSSR count). The van der Waals surface area contributed by atoms with E-state index in [2.05, 4.69) is 11.9 Å². The smallest absolute Gasteiger partial charge is 0.255 e. The molecule has 0 aromatic carbocycles. The first-order chi connectivity index (χ1) is 8.00. The van der Waals surface area contributed by atoms with Gasteiger partial charge in [-0.1, -0.05) is 23.2 Å². The Kier molecular flexibility index (Phi) is 3.59. The third-order valence-corrected chi connectivity index (χ3v) is 3.80. The maximum Gasteiger partial charge on any atom is 0.255 e. The Labute approximate surface area is 111 Å². The van der Waals surface area contributed by atoms with Gasteiger partial charge < -0.3 is 4.90 Å². The van der Waals surface area contributed by atoms with Gasteiger partial charge in [-0.15, -0.1) is 0 Å². The number of halogens is 2. The summed E-state index contributed by atoms with van der Waals surface area (Å²) in [7, 11) is 1.80. The Morgan fingerprint density at radius 2 is 2.18 bits per heavy atom. The van der Waals surface area contributed by atoms with Gasteiger partial charge in [0, 0.05) is 19.3 Å². The molecule has 1 atom stereocenters. The average Bonchev–Trinajstić information content (AvgIpc) is 3.13. The van der Waals surface area contributed by atoms with Crippen molar-refractivity contribution in [3.8, 4) is 0 Å². The summed E-state index contributed by atoms with van der Waals surface area (Å²) >= 11 is 11.7. The number of amides is 1. The van der Waals surface area contributed by atoms with Crippen molar-refractivity contribution in [1.82, 2.24) is 9.88 Å². The van der Waals surface area contributed by atoms with Crippen molar-refractivity contribution >= 4 is 29.1 Å². The van der Waals surface area contributed by atoms with E-state index in [-0.39, 0.29) is 17.1 Å². The number of aromatic nitrogens is 1. The molecule has 5 heteroatoms. The summed E-state index contributed by atoms with van der Waals surface area (Å²) in [6.45, 7) is 2.06. The number of hydrogen-bond acceptors (Lipinski definition) is 2. The van der Waals surface area contributed by atoms with Crippen molar-refractivity contribution in [2.75, 3.05) is 7.05 Å². The molecule has 0 N–H and O–H groups in total. The molecule has 0 saturated heterocycles. The second-order valence-corrected chi connectivity index (χ2v) is 5.28. The summed E-state index contributed by atoms with van der Waals surface area (Å²) in [6, 6.07) is 1.76. The van der Waals surface area contributed by atoms with Crippen LogP contribution in [0.1, 0.15) is 30.1 Å². The molecule has 0 bridgehead atoms. The summed E-state index contributed by atoms with van der Waals surface area (Å²) in [4.78, 5) is 17.8. The summed E-state index contributed by atoms with van der Waals surface area (Å²) in [5, 5.41) is 0.625. The lowest BCUT2D eigenvalue weighted by Crippen LogP contribution is -2.36. The Morgan fingerprint density at radius 3 is 2.76 bits per heavy atom. The lowest BCUT2D eigenvalue weighted by molar-refractivity contribution is 0.0727. The fourth-order valence-corrected chi connectivity index (χ4v) is 2.19. The van der Waals surface area contributed by atoms with E-state index in [4.69, 9.17) is 23.2 Å². The van der Waals surface area contributed by atoms with Gasteiger partial charge in [0.1, 0.15) is 5.15 Å². The summed E-state index contributed by atoms with van der Waals surface area (Å²) < 4.78 is 0. The van der Waals surface area contributed by atoms with Crippen LogP contribution in [-0.4, -0.2) is 28.9 Å². The van der Waals surface area contributed by atoms with E-state index < -0.39 is 0 Å². The van der Waals surface area contributed by atoms with Crippen molar-refractivity contribution in [2.45, 2.75) is 25.8 Å². The van der Waals surface area contributed by atoms with Crippen LogP contribution < -0.4 is 0 Å². The quantitative estimate of drug-likeness (QED) is 0.792. The van der Waals surface area contributed by atoms with E-state index >= 15 is 0 Å². The number of carbonyl (C=O) groups excluding carboxylic acids is 1. The van der Waals surface area contributed by atoms with Crippen molar-refractivity contribution in [1.29, 1.82) is 0 Å². The molecule has 3 nitrogen and oxygen atoms in total. The fraction of sp³-hybridized carbons (Fsp3) is 0.500. The molecule has 0 radical (unpaired) electrons. The van der Waals surface area contributed by atoms with Crippen LogP contribution >= 0.6 is 23.2 Å². The number of carbonyl (C=O) groups is 1. The molecule has 0 aliphatic heterocycles. The second-order valence-electron chi connectivity index (χ2n) is 4.48. The van der Waals surface area contributed by atoms with Gasteiger partial charge in [-0.05, 0) is 31.7 Å². The highest BCUT2D eigenvalue weighted by Gasteiger charge is 2.33. The van der Waals surface area contributed by atoms with E-state index in [1.165, 1.54) is 25.1 Å². The highest BCUT2D eigenvalue weighted by atomic mass is 35.5. The molecule has 1 amide bonds. The fourth-order valence-electron chi connectivity index (χ4n) is 1.85. The molecule has 1 fully saturated rings. The third-order valence-electron chi connectivity index (χ3n) is 3.29. The standard InChI is InChI=1S/C12H14Cl2N2O/c1-7(8-3-4-8)16(2)12(17)9-5-11(14)15-6-10(9)13/h5-8H,3-4H2,1-2H3. The first-order valence-corrected chi connectivity index (χ1v) is 6.34. The first kappa shape index (κ1) is 12.7. The van der Waals surface area contributed by atoms with E-state index in [1.807, 2.05) is 0 Å². The van der Waals surface area contributed by atoms with Gasteiger partial charge in [-0.3, -0.25) is 4.79 Å². The van der Waals surface area contributed by atoms with Crippen molar-refractivity contribution in [2.24, 2.45) is 5.92 Å². The summed E-state index contributed by atoms with van der Waals surface area (Å²) in [6.07, 6.45) is 3.81. The van der Waals surface area contributed by atoms with E-state index in [0.717, 1.165) is 0 Å². The molecule has 1 heterocycles. The minimum absolute atomic E-state index is 0.0984. The number of pyridine rings is 1. The molecule has 1 unspecified atom stereocenters. The topological polar surface area (TPSA) is 33.2 Å². The average molecular weight is 273 g/mol. The van der Waals surface area contributed by atoms with Gasteiger partial charge in [0.05, 0.1) is 10.6 Å². The highest BCUT2D eigenvalue weighted by Crippen LogP contribution is 2.35. The monoisotopic (exact) mass is 272 g/mol. The van der Waals surface area contributed by atoms with Crippen molar-refractivity contribution in [3.05, 3.63) is 28.0 Å². The Bertz CT molecular complexity index is 446. The van der Waals surface area contributed by atoms with Crippen LogP contribution in [0.5, 0.6) is 0 Å².